The minimum atomic E-state index is 0. The van der Waals surface area contributed by atoms with Crippen LogP contribution in [0.25, 0.3) is 0 Å². The van der Waals surface area contributed by atoms with Gasteiger partial charge in [0.25, 0.3) is 0 Å². The lowest BCUT2D eigenvalue weighted by molar-refractivity contribution is 0.824. The molecule has 4 heteroatoms. The summed E-state index contributed by atoms with van der Waals surface area (Å²) in [4.78, 5) is 0. The smallest absolute Gasteiger partial charge is 0.0765 e. The van der Waals surface area contributed by atoms with Crippen molar-refractivity contribution in [2.75, 3.05) is 14.1 Å². The van der Waals surface area contributed by atoms with Gasteiger partial charge in [0.15, 0.2) is 0 Å². The summed E-state index contributed by atoms with van der Waals surface area (Å²) in [5.74, 6) is 0. The van der Waals surface area contributed by atoms with Crippen LogP contribution in [0.4, 0.5) is 0 Å². The van der Waals surface area contributed by atoms with E-state index in [0.29, 0.717) is 0 Å². The molecule has 0 unspecified atom stereocenters. The number of rotatable bonds is 0. The molecule has 0 spiro atoms. The van der Waals surface area contributed by atoms with Crippen LogP contribution in [0.3, 0.4) is 0 Å². The van der Waals surface area contributed by atoms with E-state index < -0.39 is 0 Å². The SMILES string of the molecule is CNC.N=CN.O. The van der Waals surface area contributed by atoms with Crippen molar-refractivity contribution in [2.24, 2.45) is 5.73 Å². The van der Waals surface area contributed by atoms with Crippen LogP contribution in [-0.4, -0.2) is 25.9 Å². The summed E-state index contributed by atoms with van der Waals surface area (Å²) in [5.41, 5.74) is 4.39. The van der Waals surface area contributed by atoms with Crippen LogP contribution in [0.15, 0.2) is 0 Å². The fourth-order valence-corrected chi connectivity index (χ4v) is 0. The third-order valence-corrected chi connectivity index (χ3v) is 0. The zero-order valence-corrected chi connectivity index (χ0v) is 4.65. The van der Waals surface area contributed by atoms with Crippen molar-refractivity contribution < 1.29 is 5.48 Å². The van der Waals surface area contributed by atoms with Gasteiger partial charge < -0.3 is 16.5 Å². The molecule has 6 N–H and O–H groups in total. The quantitative estimate of drug-likeness (QED) is 0.261. The summed E-state index contributed by atoms with van der Waals surface area (Å²) in [6.45, 7) is 0. The molecule has 0 saturated carbocycles. The molecule has 0 aromatic rings. The van der Waals surface area contributed by atoms with Gasteiger partial charge in [0.1, 0.15) is 0 Å². The Balaban J connectivity index is -0.0000000400. The molecule has 0 rings (SSSR count). The second kappa shape index (κ2) is 53.8. The maximum absolute atomic E-state index is 5.86. The van der Waals surface area contributed by atoms with Gasteiger partial charge in [-0.25, -0.2) is 0 Å². The molecule has 0 atom stereocenters. The van der Waals surface area contributed by atoms with Gasteiger partial charge in [0.2, 0.25) is 0 Å². The van der Waals surface area contributed by atoms with Crippen LogP contribution >= 0.6 is 0 Å². The molecule has 0 aliphatic carbocycles. The van der Waals surface area contributed by atoms with Crippen molar-refractivity contribution in [1.82, 2.24) is 5.32 Å². The molecule has 0 bridgehead atoms. The minimum Gasteiger partial charge on any atom is -0.412 e. The van der Waals surface area contributed by atoms with E-state index in [2.05, 4.69) is 11.1 Å². The Morgan fingerprint density at radius 3 is 1.57 bits per heavy atom. The molecule has 0 aromatic carbocycles. The van der Waals surface area contributed by atoms with E-state index in [0.717, 1.165) is 6.34 Å². The molecule has 7 heavy (non-hydrogen) atoms. The van der Waals surface area contributed by atoms with Crippen LogP contribution in [0.2, 0.25) is 0 Å². The number of hydrogen-bond donors (Lipinski definition) is 3. The third-order valence-electron chi connectivity index (χ3n) is 0. The second-order valence-electron chi connectivity index (χ2n) is 0.667. The van der Waals surface area contributed by atoms with Crippen LogP contribution in [0, 0.1) is 5.41 Å². The van der Waals surface area contributed by atoms with Crippen LogP contribution in [0.5, 0.6) is 0 Å². The highest BCUT2D eigenvalue weighted by Gasteiger charge is 1.25. The van der Waals surface area contributed by atoms with Crippen molar-refractivity contribution in [1.29, 1.82) is 5.41 Å². The summed E-state index contributed by atoms with van der Waals surface area (Å²) < 4.78 is 0. The Morgan fingerprint density at radius 2 is 1.57 bits per heavy atom. The predicted octanol–water partition coefficient (Wildman–Crippen LogP) is -1.44. The van der Waals surface area contributed by atoms with E-state index in [-0.39, 0.29) is 5.48 Å². The van der Waals surface area contributed by atoms with Gasteiger partial charge >= 0.3 is 0 Å². The highest BCUT2D eigenvalue weighted by Crippen LogP contribution is 0.981. The molecule has 0 aliphatic heterocycles. The molecule has 0 saturated heterocycles. The molecule has 0 fully saturated rings. The summed E-state index contributed by atoms with van der Waals surface area (Å²) in [7, 11) is 3.75. The molecular formula is C3H13N3O. The first kappa shape index (κ1) is 16.2. The monoisotopic (exact) mass is 107 g/mol. The van der Waals surface area contributed by atoms with Crippen molar-refractivity contribution in [3.63, 3.8) is 0 Å². The second-order valence-corrected chi connectivity index (χ2v) is 0.667. The maximum Gasteiger partial charge on any atom is 0.0765 e. The first-order chi connectivity index (χ1) is 2.83. The predicted molar refractivity (Wildman–Crippen MR) is 31.6 cm³/mol. The van der Waals surface area contributed by atoms with Gasteiger partial charge in [-0.3, -0.25) is 5.41 Å². The van der Waals surface area contributed by atoms with Crippen LogP contribution in [-0.2, 0) is 0 Å². The first-order valence-corrected chi connectivity index (χ1v) is 1.62. The van der Waals surface area contributed by atoms with Crippen molar-refractivity contribution in [2.45, 2.75) is 0 Å². The topological polar surface area (TPSA) is 93.4 Å². The zero-order chi connectivity index (χ0) is 5.41. The highest BCUT2D eigenvalue weighted by atomic mass is 16.0. The Hall–Kier alpha value is -0.610. The zero-order valence-electron chi connectivity index (χ0n) is 4.65. The average molecular weight is 107 g/mol. The summed E-state index contributed by atoms with van der Waals surface area (Å²) >= 11 is 0. The Bertz CT molecular complexity index is 24.1. The summed E-state index contributed by atoms with van der Waals surface area (Å²) in [5, 5.41) is 8.61. The van der Waals surface area contributed by atoms with Crippen molar-refractivity contribution in [3.8, 4) is 0 Å². The Morgan fingerprint density at radius 1 is 1.57 bits per heavy atom. The van der Waals surface area contributed by atoms with Crippen LogP contribution < -0.4 is 11.1 Å². The molecule has 0 radical (unpaired) electrons. The lowest BCUT2D eigenvalue weighted by Crippen LogP contribution is -1.89. The van der Waals surface area contributed by atoms with E-state index >= 15 is 0 Å². The van der Waals surface area contributed by atoms with Crippen LogP contribution in [0.1, 0.15) is 0 Å². The van der Waals surface area contributed by atoms with E-state index in [1.807, 2.05) is 14.1 Å². The number of nitrogens with one attached hydrogen (secondary N) is 2. The summed E-state index contributed by atoms with van der Waals surface area (Å²) in [6, 6.07) is 0. The van der Waals surface area contributed by atoms with Gasteiger partial charge in [-0.2, -0.15) is 0 Å². The van der Waals surface area contributed by atoms with E-state index in [1.54, 1.807) is 0 Å². The summed E-state index contributed by atoms with van der Waals surface area (Å²) in [6.07, 6.45) is 0.750. The van der Waals surface area contributed by atoms with E-state index in [4.69, 9.17) is 5.41 Å². The van der Waals surface area contributed by atoms with Gasteiger partial charge in [0.05, 0.1) is 6.34 Å². The fraction of sp³-hybridized carbons (Fsp3) is 0.667. The molecule has 46 valence electrons. The van der Waals surface area contributed by atoms with Gasteiger partial charge in [-0.05, 0) is 14.1 Å². The highest BCUT2D eigenvalue weighted by molar-refractivity contribution is 5.46. The Labute approximate surface area is 43.5 Å². The van der Waals surface area contributed by atoms with Gasteiger partial charge in [-0.15, -0.1) is 0 Å². The molecular weight excluding hydrogens is 94.1 g/mol. The standard InChI is InChI=1S/C2H7N.CH4N2.H2O/c1-3-2;2-1-3;/h3H,1-2H3;1H,(H3,2,3);1H2. The third kappa shape index (κ3) is 166. The largest absolute Gasteiger partial charge is 0.412 e. The molecule has 0 amide bonds. The molecule has 0 aliphatic rings. The van der Waals surface area contributed by atoms with E-state index in [9.17, 15) is 0 Å². The van der Waals surface area contributed by atoms with E-state index in [1.165, 1.54) is 0 Å². The molecule has 0 aromatic heterocycles. The lowest BCUT2D eigenvalue weighted by Gasteiger charge is -1.59. The molecule has 4 nitrogen and oxygen atoms in total. The van der Waals surface area contributed by atoms with Crippen molar-refractivity contribution >= 4 is 6.34 Å². The lowest BCUT2D eigenvalue weighted by atomic mass is 11.3. The Kier molecular flexibility index (Phi) is 124. The molecule has 0 heterocycles. The maximum atomic E-state index is 5.86. The fourth-order valence-electron chi connectivity index (χ4n) is 0. The van der Waals surface area contributed by atoms with Crippen molar-refractivity contribution in [3.05, 3.63) is 0 Å². The first-order valence-electron chi connectivity index (χ1n) is 1.62. The van der Waals surface area contributed by atoms with Gasteiger partial charge in [-0.1, -0.05) is 0 Å². The average Bonchev–Trinajstić information content (AvgIpc) is 1.39. The normalized spacial score (nSPS) is 4.29. The number of hydrogen-bond acceptors (Lipinski definition) is 2. The minimum absolute atomic E-state index is 0. The number of nitrogens with two attached hydrogens (primary N) is 1. The van der Waals surface area contributed by atoms with Gasteiger partial charge in [0, 0.05) is 0 Å².